The first-order chi connectivity index (χ1) is 28.1. The van der Waals surface area contributed by atoms with Crippen molar-refractivity contribution in [1.82, 2.24) is 25.2 Å². The van der Waals surface area contributed by atoms with Crippen LogP contribution in [0.4, 0.5) is 4.79 Å². The van der Waals surface area contributed by atoms with Gasteiger partial charge in [-0.15, -0.1) is 11.3 Å². The summed E-state index contributed by atoms with van der Waals surface area (Å²) in [6.45, 7) is -0.0102. The third kappa shape index (κ3) is 7.80. The topological polar surface area (TPSA) is 186 Å². The molecule has 306 valence electrons. The van der Waals surface area contributed by atoms with E-state index in [4.69, 9.17) is 18.9 Å². The molecular formula is C42H47N5O9S2. The maximum atomic E-state index is 14.7. The fourth-order valence-electron chi connectivity index (χ4n) is 8.65. The van der Waals surface area contributed by atoms with Crippen molar-refractivity contribution >= 4 is 67.2 Å². The molecule has 4 fully saturated rings. The molecule has 3 aromatic heterocycles. The van der Waals surface area contributed by atoms with Crippen LogP contribution in [0.25, 0.3) is 32.6 Å². The molecule has 0 radical (unpaired) electrons. The number of nitrogens with zero attached hydrogens (tertiary/aromatic N) is 2. The number of carbonyl (C=O) groups excluding carboxylic acids is 4. The molecule has 0 unspecified atom stereocenters. The van der Waals surface area contributed by atoms with Crippen molar-refractivity contribution in [3.05, 3.63) is 60.0 Å². The van der Waals surface area contributed by atoms with E-state index in [-0.39, 0.29) is 25.5 Å². The van der Waals surface area contributed by atoms with Gasteiger partial charge in [-0.25, -0.2) is 18.2 Å². The van der Waals surface area contributed by atoms with Crippen molar-refractivity contribution in [2.75, 3.05) is 6.54 Å². The van der Waals surface area contributed by atoms with Gasteiger partial charge >= 0.3 is 6.09 Å². The second-order valence-electron chi connectivity index (χ2n) is 16.3. The van der Waals surface area contributed by atoms with Gasteiger partial charge in [0.15, 0.2) is 11.3 Å². The molecule has 1 aromatic carbocycles. The van der Waals surface area contributed by atoms with E-state index in [0.29, 0.717) is 60.2 Å². The molecule has 0 bridgehead atoms. The van der Waals surface area contributed by atoms with Crippen LogP contribution in [-0.2, 0) is 29.1 Å². The molecule has 4 amide bonds. The number of aromatic nitrogens is 1. The largest absolute Gasteiger partial charge is 0.484 e. The maximum Gasteiger partial charge on any atom is 0.408 e. The van der Waals surface area contributed by atoms with Crippen LogP contribution < -0.4 is 20.1 Å². The van der Waals surface area contributed by atoms with Crippen LogP contribution >= 0.6 is 11.3 Å². The Morgan fingerprint density at radius 2 is 1.79 bits per heavy atom. The average Bonchev–Trinajstić information content (AvgIpc) is 3.81. The van der Waals surface area contributed by atoms with Crippen LogP contribution in [0.2, 0.25) is 0 Å². The van der Waals surface area contributed by atoms with Crippen LogP contribution in [-0.4, -0.2) is 83.7 Å². The minimum absolute atomic E-state index is 0.0102. The molecule has 3 aliphatic carbocycles. The van der Waals surface area contributed by atoms with Crippen molar-refractivity contribution in [3.8, 4) is 16.3 Å². The van der Waals surface area contributed by atoms with Gasteiger partial charge in [0.2, 0.25) is 21.8 Å². The van der Waals surface area contributed by atoms with Crippen LogP contribution in [0.15, 0.2) is 64.4 Å². The predicted molar refractivity (Wildman–Crippen MR) is 216 cm³/mol. The molecule has 3 saturated carbocycles. The Hall–Kier alpha value is -4.96. The number of nitrogens with one attached hydrogen (secondary N) is 3. The van der Waals surface area contributed by atoms with Crippen LogP contribution in [0.1, 0.15) is 83.5 Å². The van der Waals surface area contributed by atoms with Gasteiger partial charge in [-0.3, -0.25) is 19.1 Å². The van der Waals surface area contributed by atoms with Gasteiger partial charge in [0.05, 0.1) is 22.4 Å². The molecule has 3 N–H and O–H groups in total. The van der Waals surface area contributed by atoms with E-state index < -0.39 is 68.7 Å². The van der Waals surface area contributed by atoms with Gasteiger partial charge in [0, 0.05) is 23.8 Å². The lowest BCUT2D eigenvalue weighted by Crippen LogP contribution is -2.58. The predicted octanol–water partition coefficient (Wildman–Crippen LogP) is 6.10. The fourth-order valence-corrected chi connectivity index (χ4v) is 10.7. The molecule has 2 aliphatic heterocycles. The van der Waals surface area contributed by atoms with Crippen molar-refractivity contribution in [1.29, 1.82) is 0 Å². The number of sulfonamides is 1. The van der Waals surface area contributed by atoms with E-state index in [1.165, 1.54) is 16.2 Å². The molecule has 9 rings (SSSR count). The number of para-hydroxylation sites is 1. The van der Waals surface area contributed by atoms with Crippen molar-refractivity contribution < 1.29 is 41.5 Å². The molecular weight excluding hydrogens is 783 g/mol. The lowest BCUT2D eigenvalue weighted by Gasteiger charge is -2.30. The van der Waals surface area contributed by atoms with E-state index in [1.807, 2.05) is 53.9 Å². The molecule has 5 atom stereocenters. The van der Waals surface area contributed by atoms with Crippen molar-refractivity contribution in [3.63, 3.8) is 0 Å². The summed E-state index contributed by atoms with van der Waals surface area (Å²) in [5.74, 6) is -1.89. The molecule has 58 heavy (non-hydrogen) atoms. The van der Waals surface area contributed by atoms with Gasteiger partial charge in [0.25, 0.3) is 5.91 Å². The Balaban J connectivity index is 1.04. The number of allylic oxidation sites excluding steroid dienone is 1. The summed E-state index contributed by atoms with van der Waals surface area (Å²) in [5.41, 5.74) is 0.845. The Kier molecular flexibility index (Phi) is 10.4. The summed E-state index contributed by atoms with van der Waals surface area (Å²) < 4.78 is 46.8. The Morgan fingerprint density at radius 3 is 2.59 bits per heavy atom. The minimum Gasteiger partial charge on any atom is -0.484 e. The molecule has 16 heteroatoms. The number of amides is 4. The summed E-state index contributed by atoms with van der Waals surface area (Å²) in [5, 5.41) is 7.90. The minimum atomic E-state index is -3.90. The summed E-state index contributed by atoms with van der Waals surface area (Å²) >= 11 is 1.53. The van der Waals surface area contributed by atoms with Gasteiger partial charge in [-0.05, 0) is 87.8 Å². The van der Waals surface area contributed by atoms with Crippen molar-refractivity contribution in [2.24, 2.45) is 5.92 Å². The number of thiophene rings is 1. The monoisotopic (exact) mass is 829 g/mol. The fraction of sp³-hybridized carbons (Fsp3) is 0.500. The van der Waals surface area contributed by atoms with E-state index >= 15 is 0 Å². The first kappa shape index (κ1) is 38.6. The molecule has 0 spiro atoms. The summed E-state index contributed by atoms with van der Waals surface area (Å²) in [7, 11) is -3.90. The number of hydrogen-bond acceptors (Lipinski definition) is 11. The van der Waals surface area contributed by atoms with E-state index in [2.05, 4.69) is 15.4 Å². The van der Waals surface area contributed by atoms with Crippen LogP contribution in [0, 0.1) is 5.92 Å². The van der Waals surface area contributed by atoms with Gasteiger partial charge in [0.1, 0.15) is 40.9 Å². The lowest BCUT2D eigenvalue weighted by molar-refractivity contribution is -0.141. The number of hydrogen-bond donors (Lipinski definition) is 3. The first-order valence-electron chi connectivity index (χ1n) is 20.4. The smallest absolute Gasteiger partial charge is 0.408 e. The quantitative estimate of drug-likeness (QED) is 0.175. The highest BCUT2D eigenvalue weighted by Gasteiger charge is 2.62. The standard InChI is InChI=1S/C42H47N5O9S2/c48-38-32-21-27(54-34-22-31(35-17-10-20-57-35)43-36-29-14-8-9-16-33(29)56-37(34)36)24-47(32)39(49)30(44-41(51)55-26-12-6-7-13-26)15-5-3-1-2-4-11-25-23-42(25,45-38)40(50)46-58(52,53)28-18-19-28/h4,8-11,14,16-17,20,22,25-28,30,32H,1-3,5-7,12-13,15,18-19,21,23-24H2,(H,44,51)(H,45,48)(H,46,50)/b11-4-/t25-,27+,30-,32-,42+/m0/s1. The second kappa shape index (κ2) is 15.7. The van der Waals surface area contributed by atoms with E-state index in [1.54, 1.807) is 6.07 Å². The van der Waals surface area contributed by atoms with Gasteiger partial charge in [-0.1, -0.05) is 43.2 Å². The zero-order chi connectivity index (χ0) is 40.0. The van der Waals surface area contributed by atoms with Gasteiger partial charge in [-0.2, -0.15) is 0 Å². The highest BCUT2D eigenvalue weighted by atomic mass is 32.2. The number of pyridine rings is 1. The molecule has 1 saturated heterocycles. The average molecular weight is 830 g/mol. The number of rotatable bonds is 8. The zero-order valence-electron chi connectivity index (χ0n) is 32.0. The summed E-state index contributed by atoms with van der Waals surface area (Å²) in [6.07, 6.45) is 10.2. The number of benzene rings is 1. The number of furan rings is 1. The maximum absolute atomic E-state index is 14.7. The lowest BCUT2D eigenvalue weighted by atomic mass is 10.0. The van der Waals surface area contributed by atoms with E-state index in [0.717, 1.165) is 48.8 Å². The Labute approximate surface area is 340 Å². The number of fused-ring (bicyclic) bond motifs is 5. The molecule has 4 aromatic rings. The molecule has 5 aliphatic rings. The summed E-state index contributed by atoms with van der Waals surface area (Å²) in [6, 6.07) is 11.2. The van der Waals surface area contributed by atoms with Crippen LogP contribution in [0.3, 0.4) is 0 Å². The van der Waals surface area contributed by atoms with Crippen molar-refractivity contribution in [2.45, 2.75) is 119 Å². The number of carbonyl (C=O) groups is 4. The normalized spacial score (nSPS) is 27.6. The third-order valence-corrected chi connectivity index (χ3v) is 14.8. The Bertz CT molecular complexity index is 2370. The molecule has 5 heterocycles. The SMILES string of the molecule is O=C(N[C@H]1CCCCC/C=C\[C@H]2C[C@@]2(C(=O)NS(=O)(=O)C2CC2)NC(=O)[C@@H]2C[C@@H](Oc3cc(-c4cccs4)nc4c3oc3ccccc34)CN2C1=O)OC1CCCC1. The zero-order valence-corrected chi connectivity index (χ0v) is 33.7. The highest BCUT2D eigenvalue weighted by Crippen LogP contribution is 2.46. The third-order valence-electron chi connectivity index (χ3n) is 12.1. The van der Waals surface area contributed by atoms with Gasteiger partial charge < -0.3 is 29.4 Å². The number of alkyl carbamates (subject to hydrolysis) is 1. The van der Waals surface area contributed by atoms with E-state index in [9.17, 15) is 27.6 Å². The Morgan fingerprint density at radius 1 is 0.983 bits per heavy atom. The first-order valence-corrected chi connectivity index (χ1v) is 22.9. The second-order valence-corrected chi connectivity index (χ2v) is 19.2. The molecule has 14 nitrogen and oxygen atoms in total. The summed E-state index contributed by atoms with van der Waals surface area (Å²) in [4.78, 5) is 63.7. The number of ether oxygens (including phenoxy) is 2. The highest BCUT2D eigenvalue weighted by molar-refractivity contribution is 7.91. The van der Waals surface area contributed by atoms with Crippen LogP contribution in [0.5, 0.6) is 5.75 Å².